The molecule has 0 radical (unpaired) electrons. The van der Waals surface area contributed by atoms with Crippen LogP contribution >= 0.6 is 11.6 Å². The Kier molecular flexibility index (Phi) is 6.86. The van der Waals surface area contributed by atoms with Gasteiger partial charge in [0, 0.05) is 5.02 Å². The van der Waals surface area contributed by atoms with Crippen LogP contribution in [0.2, 0.25) is 5.02 Å². The molecule has 0 bridgehead atoms. The summed E-state index contributed by atoms with van der Waals surface area (Å²) in [6.07, 6.45) is 0. The average molecular weight is 419 g/mol. The van der Waals surface area contributed by atoms with Crippen molar-refractivity contribution in [1.82, 2.24) is 0 Å². The van der Waals surface area contributed by atoms with Gasteiger partial charge in [-0.1, -0.05) is 66.2 Å². The van der Waals surface area contributed by atoms with Gasteiger partial charge in [0.2, 0.25) is 0 Å². The molecule has 0 N–H and O–H groups in total. The lowest BCUT2D eigenvalue weighted by molar-refractivity contribution is 0.0890. The standard InChI is InChI=1S/C26H23ClO3/c27-24-10-6-21(7-11-24)18-28-14-15-29-25-12-8-23-17-26(13-9-22(23)16-25)30-19-20-4-2-1-3-5-20/h1-13,16-17H,14-15,18-19H2. The monoisotopic (exact) mass is 418 g/mol. The molecule has 4 aromatic carbocycles. The fourth-order valence-corrected chi connectivity index (χ4v) is 3.24. The van der Waals surface area contributed by atoms with Gasteiger partial charge in [-0.25, -0.2) is 0 Å². The number of halogens is 1. The minimum absolute atomic E-state index is 0.497. The number of fused-ring (bicyclic) bond motifs is 1. The van der Waals surface area contributed by atoms with Gasteiger partial charge in [0.15, 0.2) is 0 Å². The summed E-state index contributed by atoms with van der Waals surface area (Å²) in [5.41, 5.74) is 2.25. The molecule has 0 aliphatic heterocycles. The molecular weight excluding hydrogens is 396 g/mol. The Bertz CT molecular complexity index is 1080. The van der Waals surface area contributed by atoms with Gasteiger partial charge in [0.1, 0.15) is 24.7 Å². The molecule has 0 fully saturated rings. The fraction of sp³-hybridized carbons (Fsp3) is 0.154. The van der Waals surface area contributed by atoms with E-state index < -0.39 is 0 Å². The third-order valence-corrected chi connectivity index (χ3v) is 4.96. The summed E-state index contributed by atoms with van der Waals surface area (Å²) in [6.45, 7) is 2.12. The van der Waals surface area contributed by atoms with Crippen molar-refractivity contribution >= 4 is 22.4 Å². The van der Waals surface area contributed by atoms with E-state index in [-0.39, 0.29) is 0 Å². The summed E-state index contributed by atoms with van der Waals surface area (Å²) in [6, 6.07) is 30.0. The first-order valence-corrected chi connectivity index (χ1v) is 10.3. The van der Waals surface area contributed by atoms with E-state index in [4.69, 9.17) is 25.8 Å². The van der Waals surface area contributed by atoms with Crippen LogP contribution in [0.4, 0.5) is 0 Å². The third kappa shape index (κ3) is 5.76. The summed E-state index contributed by atoms with van der Waals surface area (Å²) in [4.78, 5) is 0. The Morgan fingerprint density at radius 2 is 1.20 bits per heavy atom. The first kappa shape index (κ1) is 20.3. The maximum Gasteiger partial charge on any atom is 0.120 e. The molecule has 0 aliphatic carbocycles. The van der Waals surface area contributed by atoms with Crippen LogP contribution in [0.1, 0.15) is 11.1 Å². The summed E-state index contributed by atoms with van der Waals surface area (Å²) in [5, 5.41) is 2.96. The zero-order valence-electron chi connectivity index (χ0n) is 16.6. The lowest BCUT2D eigenvalue weighted by Gasteiger charge is -2.10. The van der Waals surface area contributed by atoms with E-state index in [9.17, 15) is 0 Å². The molecule has 0 unspecified atom stereocenters. The SMILES string of the molecule is Clc1ccc(COCCOc2ccc3cc(OCc4ccccc4)ccc3c2)cc1. The van der Waals surface area contributed by atoms with Crippen molar-refractivity contribution in [2.45, 2.75) is 13.2 Å². The number of benzene rings is 4. The van der Waals surface area contributed by atoms with Crippen molar-refractivity contribution in [3.05, 3.63) is 107 Å². The van der Waals surface area contributed by atoms with Gasteiger partial charge >= 0.3 is 0 Å². The van der Waals surface area contributed by atoms with Crippen LogP contribution in [0.15, 0.2) is 91.0 Å². The van der Waals surface area contributed by atoms with Gasteiger partial charge < -0.3 is 14.2 Å². The Morgan fingerprint density at radius 3 is 1.90 bits per heavy atom. The maximum absolute atomic E-state index is 5.91. The number of hydrogen-bond acceptors (Lipinski definition) is 3. The zero-order valence-corrected chi connectivity index (χ0v) is 17.3. The molecule has 0 amide bonds. The highest BCUT2D eigenvalue weighted by molar-refractivity contribution is 6.30. The van der Waals surface area contributed by atoms with Crippen molar-refractivity contribution in [1.29, 1.82) is 0 Å². The molecule has 0 aromatic heterocycles. The molecular formula is C26H23ClO3. The second-order valence-corrected chi connectivity index (χ2v) is 7.41. The first-order valence-electron chi connectivity index (χ1n) is 9.92. The van der Waals surface area contributed by atoms with E-state index in [1.807, 2.05) is 60.7 Å². The topological polar surface area (TPSA) is 27.7 Å². The molecule has 30 heavy (non-hydrogen) atoms. The van der Waals surface area contributed by atoms with Crippen LogP contribution in [0.3, 0.4) is 0 Å². The van der Waals surface area contributed by atoms with Gasteiger partial charge in [-0.05, 0) is 58.3 Å². The van der Waals surface area contributed by atoms with E-state index in [1.165, 1.54) is 0 Å². The summed E-state index contributed by atoms with van der Waals surface area (Å²) in [7, 11) is 0. The zero-order chi connectivity index (χ0) is 20.6. The minimum Gasteiger partial charge on any atom is -0.491 e. The van der Waals surface area contributed by atoms with E-state index >= 15 is 0 Å². The molecule has 0 heterocycles. The molecule has 4 heteroatoms. The van der Waals surface area contributed by atoms with Crippen LogP contribution in [0.5, 0.6) is 11.5 Å². The highest BCUT2D eigenvalue weighted by Crippen LogP contribution is 2.25. The molecule has 4 aromatic rings. The second kappa shape index (κ2) is 10.1. The Morgan fingerprint density at radius 1 is 0.567 bits per heavy atom. The van der Waals surface area contributed by atoms with Gasteiger partial charge in [0.05, 0.1) is 13.2 Å². The average Bonchev–Trinajstić information content (AvgIpc) is 2.79. The molecule has 152 valence electrons. The second-order valence-electron chi connectivity index (χ2n) is 6.97. The lowest BCUT2D eigenvalue weighted by Crippen LogP contribution is -2.06. The Balaban J connectivity index is 1.26. The van der Waals surface area contributed by atoms with Gasteiger partial charge in [-0.15, -0.1) is 0 Å². The van der Waals surface area contributed by atoms with Crippen LogP contribution in [-0.2, 0) is 18.0 Å². The number of ether oxygens (including phenoxy) is 3. The fourth-order valence-electron chi connectivity index (χ4n) is 3.11. The predicted octanol–water partition coefficient (Wildman–Crippen LogP) is 6.67. The van der Waals surface area contributed by atoms with Crippen molar-refractivity contribution < 1.29 is 14.2 Å². The summed E-state index contributed by atoms with van der Waals surface area (Å²) >= 11 is 5.89. The van der Waals surface area contributed by atoms with Gasteiger partial charge in [-0.2, -0.15) is 0 Å². The Hall–Kier alpha value is -3.01. The van der Waals surface area contributed by atoms with Crippen LogP contribution in [0.25, 0.3) is 10.8 Å². The molecule has 4 rings (SSSR count). The van der Waals surface area contributed by atoms with Gasteiger partial charge in [-0.3, -0.25) is 0 Å². The number of hydrogen-bond donors (Lipinski definition) is 0. The Labute approximate surface area is 181 Å². The molecule has 0 atom stereocenters. The maximum atomic E-state index is 5.91. The predicted molar refractivity (Wildman–Crippen MR) is 121 cm³/mol. The molecule has 0 saturated heterocycles. The highest BCUT2D eigenvalue weighted by Gasteiger charge is 2.02. The molecule has 0 saturated carbocycles. The number of rotatable bonds is 9. The van der Waals surface area contributed by atoms with Crippen molar-refractivity contribution in [2.75, 3.05) is 13.2 Å². The van der Waals surface area contributed by atoms with E-state index in [2.05, 4.69) is 30.3 Å². The van der Waals surface area contributed by atoms with E-state index in [0.29, 0.717) is 26.4 Å². The third-order valence-electron chi connectivity index (χ3n) is 4.71. The van der Waals surface area contributed by atoms with Crippen molar-refractivity contribution in [3.63, 3.8) is 0 Å². The van der Waals surface area contributed by atoms with Crippen molar-refractivity contribution in [2.24, 2.45) is 0 Å². The lowest BCUT2D eigenvalue weighted by atomic mass is 10.1. The van der Waals surface area contributed by atoms with Crippen LogP contribution in [-0.4, -0.2) is 13.2 Å². The van der Waals surface area contributed by atoms with Crippen LogP contribution in [0, 0.1) is 0 Å². The summed E-state index contributed by atoms with van der Waals surface area (Å²) in [5.74, 6) is 1.69. The minimum atomic E-state index is 0.497. The molecule has 0 spiro atoms. The first-order chi connectivity index (χ1) is 14.8. The quantitative estimate of drug-likeness (QED) is 0.284. The van der Waals surface area contributed by atoms with Crippen molar-refractivity contribution in [3.8, 4) is 11.5 Å². The smallest absolute Gasteiger partial charge is 0.120 e. The van der Waals surface area contributed by atoms with E-state index in [1.54, 1.807) is 0 Å². The van der Waals surface area contributed by atoms with Crippen LogP contribution < -0.4 is 9.47 Å². The molecule has 0 aliphatic rings. The van der Waals surface area contributed by atoms with E-state index in [0.717, 1.165) is 38.4 Å². The normalized spacial score (nSPS) is 10.8. The van der Waals surface area contributed by atoms with Gasteiger partial charge in [0.25, 0.3) is 0 Å². The summed E-state index contributed by atoms with van der Waals surface area (Å²) < 4.78 is 17.4. The highest BCUT2D eigenvalue weighted by atomic mass is 35.5. The largest absolute Gasteiger partial charge is 0.491 e. The molecule has 3 nitrogen and oxygen atoms in total.